The van der Waals surface area contributed by atoms with Crippen LogP contribution in [0.2, 0.25) is 0 Å². The van der Waals surface area contributed by atoms with Crippen LogP contribution in [0.4, 0.5) is 10.1 Å². The van der Waals surface area contributed by atoms with E-state index in [0.717, 1.165) is 5.69 Å². The summed E-state index contributed by atoms with van der Waals surface area (Å²) in [5.74, 6) is 0.431. The van der Waals surface area contributed by atoms with Crippen molar-refractivity contribution in [1.29, 1.82) is 0 Å². The van der Waals surface area contributed by atoms with E-state index in [1.807, 2.05) is 18.2 Å². The van der Waals surface area contributed by atoms with Crippen molar-refractivity contribution in [2.45, 2.75) is 4.90 Å². The van der Waals surface area contributed by atoms with E-state index in [1.54, 1.807) is 23.9 Å². The molecule has 2 nitrogen and oxygen atoms in total. The number of hydrogen-bond donors (Lipinski definition) is 1. The molecule has 4 heteroatoms. The highest BCUT2D eigenvalue weighted by atomic mass is 32.2. The number of halogens is 1. The molecule has 0 aliphatic heterocycles. The fourth-order valence-corrected chi connectivity index (χ4v) is 2.25. The Bertz CT molecular complexity index is 516. The minimum Gasteiger partial charge on any atom is -0.492 e. The van der Waals surface area contributed by atoms with Gasteiger partial charge < -0.3 is 10.1 Å². The standard InChI is InChI=1S/C15H16FNOS/c1-19-15-5-3-2-4-14(15)17-10-11-18-13-8-6-12(16)7-9-13/h2-9,17H,10-11H2,1H3. The molecule has 0 saturated carbocycles. The topological polar surface area (TPSA) is 21.3 Å². The van der Waals surface area contributed by atoms with Gasteiger partial charge in [-0.15, -0.1) is 11.8 Å². The Labute approximate surface area is 117 Å². The molecule has 2 rings (SSSR count). The van der Waals surface area contributed by atoms with Crippen molar-refractivity contribution in [1.82, 2.24) is 0 Å². The van der Waals surface area contributed by atoms with Crippen LogP contribution in [0.15, 0.2) is 53.4 Å². The summed E-state index contributed by atoms with van der Waals surface area (Å²) in [4.78, 5) is 1.21. The van der Waals surface area contributed by atoms with Gasteiger partial charge in [-0.2, -0.15) is 0 Å². The molecule has 19 heavy (non-hydrogen) atoms. The van der Waals surface area contributed by atoms with E-state index in [1.165, 1.54) is 17.0 Å². The zero-order chi connectivity index (χ0) is 13.5. The maximum atomic E-state index is 12.7. The Morgan fingerprint density at radius 2 is 1.84 bits per heavy atom. The number of anilines is 1. The van der Waals surface area contributed by atoms with Gasteiger partial charge in [0.25, 0.3) is 0 Å². The molecule has 0 saturated heterocycles. The van der Waals surface area contributed by atoms with Crippen LogP contribution in [0.5, 0.6) is 5.75 Å². The molecule has 2 aromatic carbocycles. The minimum absolute atomic E-state index is 0.251. The molecule has 0 heterocycles. The van der Waals surface area contributed by atoms with Gasteiger partial charge in [-0.25, -0.2) is 4.39 Å². The number of benzene rings is 2. The SMILES string of the molecule is CSc1ccccc1NCCOc1ccc(F)cc1. The van der Waals surface area contributed by atoms with Crippen molar-refractivity contribution >= 4 is 17.4 Å². The number of para-hydroxylation sites is 1. The number of thioether (sulfide) groups is 1. The molecule has 0 spiro atoms. The Kier molecular flexibility index (Phi) is 5.10. The van der Waals surface area contributed by atoms with Crippen molar-refractivity contribution in [2.75, 3.05) is 24.7 Å². The van der Waals surface area contributed by atoms with Crippen molar-refractivity contribution in [2.24, 2.45) is 0 Å². The number of rotatable bonds is 6. The summed E-state index contributed by atoms with van der Waals surface area (Å²) in [6.07, 6.45) is 2.05. The first-order valence-electron chi connectivity index (χ1n) is 6.05. The van der Waals surface area contributed by atoms with E-state index in [9.17, 15) is 4.39 Å². The van der Waals surface area contributed by atoms with E-state index in [4.69, 9.17) is 4.74 Å². The van der Waals surface area contributed by atoms with Crippen molar-refractivity contribution < 1.29 is 9.13 Å². The van der Waals surface area contributed by atoms with E-state index in [-0.39, 0.29) is 5.82 Å². The van der Waals surface area contributed by atoms with Crippen LogP contribution in [0.3, 0.4) is 0 Å². The van der Waals surface area contributed by atoms with E-state index in [2.05, 4.69) is 17.6 Å². The smallest absolute Gasteiger partial charge is 0.123 e. The third-order valence-corrected chi connectivity index (χ3v) is 3.40. The Morgan fingerprint density at radius 3 is 2.58 bits per heavy atom. The summed E-state index contributed by atoms with van der Waals surface area (Å²) in [5, 5.41) is 3.33. The van der Waals surface area contributed by atoms with Gasteiger partial charge in [-0.05, 0) is 42.7 Å². The van der Waals surface area contributed by atoms with Crippen LogP contribution < -0.4 is 10.1 Å². The molecule has 0 radical (unpaired) electrons. The first kappa shape index (κ1) is 13.7. The minimum atomic E-state index is -0.251. The van der Waals surface area contributed by atoms with Gasteiger partial charge in [0.1, 0.15) is 18.2 Å². The van der Waals surface area contributed by atoms with Crippen LogP contribution in [0, 0.1) is 5.82 Å². The van der Waals surface area contributed by atoms with Gasteiger partial charge in [0, 0.05) is 17.1 Å². The summed E-state index contributed by atoms with van der Waals surface area (Å²) in [7, 11) is 0. The molecular formula is C15H16FNOS. The van der Waals surface area contributed by atoms with E-state index < -0.39 is 0 Å². The third kappa shape index (κ3) is 4.17. The maximum Gasteiger partial charge on any atom is 0.123 e. The second kappa shape index (κ2) is 7.04. The third-order valence-electron chi connectivity index (χ3n) is 2.61. The summed E-state index contributed by atoms with van der Waals surface area (Å²) in [5.41, 5.74) is 1.11. The molecule has 0 bridgehead atoms. The Balaban J connectivity index is 1.79. The quantitative estimate of drug-likeness (QED) is 0.636. The van der Waals surface area contributed by atoms with Crippen LogP contribution in [-0.2, 0) is 0 Å². The Hall–Kier alpha value is -1.68. The fraction of sp³-hybridized carbons (Fsp3) is 0.200. The van der Waals surface area contributed by atoms with Gasteiger partial charge in [-0.3, -0.25) is 0 Å². The molecule has 0 amide bonds. The summed E-state index contributed by atoms with van der Waals surface area (Å²) < 4.78 is 18.2. The lowest BCUT2D eigenvalue weighted by Gasteiger charge is -2.11. The van der Waals surface area contributed by atoms with Crippen molar-refractivity contribution in [3.63, 3.8) is 0 Å². The summed E-state index contributed by atoms with van der Waals surface area (Å²) in [6, 6.07) is 14.2. The molecule has 0 atom stereocenters. The highest BCUT2D eigenvalue weighted by Gasteiger charge is 1.99. The Morgan fingerprint density at radius 1 is 1.11 bits per heavy atom. The van der Waals surface area contributed by atoms with Gasteiger partial charge >= 0.3 is 0 Å². The summed E-state index contributed by atoms with van der Waals surface area (Å²) in [6.45, 7) is 1.24. The molecule has 0 aliphatic rings. The lowest BCUT2D eigenvalue weighted by Crippen LogP contribution is -2.11. The molecular weight excluding hydrogens is 261 g/mol. The average Bonchev–Trinajstić information content (AvgIpc) is 2.46. The summed E-state index contributed by atoms with van der Waals surface area (Å²) >= 11 is 1.71. The first-order valence-corrected chi connectivity index (χ1v) is 7.27. The van der Waals surface area contributed by atoms with Gasteiger partial charge in [0.15, 0.2) is 0 Å². The predicted molar refractivity (Wildman–Crippen MR) is 78.6 cm³/mol. The number of hydrogen-bond acceptors (Lipinski definition) is 3. The van der Waals surface area contributed by atoms with Gasteiger partial charge in [0.2, 0.25) is 0 Å². The zero-order valence-corrected chi connectivity index (χ0v) is 11.5. The highest BCUT2D eigenvalue weighted by molar-refractivity contribution is 7.98. The highest BCUT2D eigenvalue weighted by Crippen LogP contribution is 2.24. The van der Waals surface area contributed by atoms with Crippen molar-refractivity contribution in [3.8, 4) is 5.75 Å². The molecule has 2 aromatic rings. The van der Waals surface area contributed by atoms with Crippen molar-refractivity contribution in [3.05, 3.63) is 54.3 Å². The monoisotopic (exact) mass is 277 g/mol. The molecule has 0 aliphatic carbocycles. The zero-order valence-electron chi connectivity index (χ0n) is 10.7. The lowest BCUT2D eigenvalue weighted by molar-refractivity contribution is 0.332. The second-order valence-electron chi connectivity index (χ2n) is 3.93. The normalized spacial score (nSPS) is 10.2. The molecule has 100 valence electrons. The van der Waals surface area contributed by atoms with Gasteiger partial charge in [0.05, 0.1) is 0 Å². The largest absolute Gasteiger partial charge is 0.492 e. The lowest BCUT2D eigenvalue weighted by atomic mass is 10.3. The predicted octanol–water partition coefficient (Wildman–Crippen LogP) is 4.04. The van der Waals surface area contributed by atoms with Crippen LogP contribution in [0.25, 0.3) is 0 Å². The fourth-order valence-electron chi connectivity index (χ4n) is 1.68. The van der Waals surface area contributed by atoms with E-state index >= 15 is 0 Å². The molecule has 0 aromatic heterocycles. The molecule has 0 fully saturated rings. The molecule has 0 unspecified atom stereocenters. The number of ether oxygens (including phenoxy) is 1. The van der Waals surface area contributed by atoms with Crippen LogP contribution >= 0.6 is 11.8 Å². The van der Waals surface area contributed by atoms with Crippen LogP contribution in [0.1, 0.15) is 0 Å². The second-order valence-corrected chi connectivity index (χ2v) is 4.78. The first-order chi connectivity index (χ1) is 9.29. The maximum absolute atomic E-state index is 12.7. The van der Waals surface area contributed by atoms with Crippen LogP contribution in [-0.4, -0.2) is 19.4 Å². The van der Waals surface area contributed by atoms with E-state index in [0.29, 0.717) is 18.9 Å². The number of nitrogens with one attached hydrogen (secondary N) is 1. The van der Waals surface area contributed by atoms with Gasteiger partial charge in [-0.1, -0.05) is 12.1 Å². The molecule has 1 N–H and O–H groups in total. The average molecular weight is 277 g/mol.